The molecule has 6 heteroatoms. The number of anilines is 1. The molecule has 3 N–H and O–H groups in total. The Kier molecular flexibility index (Phi) is 6.75. The van der Waals surface area contributed by atoms with Crippen molar-refractivity contribution in [2.75, 3.05) is 5.32 Å². The number of nitrogens with one attached hydrogen (secondary N) is 3. The number of hydrogen-bond acceptors (Lipinski definition) is 3. The van der Waals surface area contributed by atoms with Gasteiger partial charge in [0, 0.05) is 5.69 Å². The molecule has 0 bridgehead atoms. The monoisotopic (exact) mass is 457 g/mol. The predicted molar refractivity (Wildman–Crippen MR) is 137 cm³/mol. The van der Waals surface area contributed by atoms with Crippen molar-refractivity contribution in [2.24, 2.45) is 0 Å². The van der Waals surface area contributed by atoms with Gasteiger partial charge in [-0.25, -0.2) is 0 Å². The Bertz CT molecular complexity index is 1200. The van der Waals surface area contributed by atoms with Gasteiger partial charge < -0.3 is 20.7 Å². The fraction of sp³-hybridized carbons (Fsp3) is 0.185. The molecule has 0 aromatic heterocycles. The lowest BCUT2D eigenvalue weighted by molar-refractivity contribution is -0.113. The van der Waals surface area contributed by atoms with Crippen molar-refractivity contribution in [3.8, 4) is 5.75 Å². The molecule has 0 saturated heterocycles. The molecule has 1 amide bonds. The van der Waals surface area contributed by atoms with Gasteiger partial charge in [-0.1, -0.05) is 48.0 Å². The van der Waals surface area contributed by atoms with E-state index >= 15 is 0 Å². The Balaban J connectivity index is 1.58. The standard InChI is InChI=1S/C27H27N3O2S/c1-17-9-14-23(18(2)15-17)29-26(31)24-19(3)28-27(33)30-25(24)21-10-12-22(13-11-21)32-16-20-7-5-4-6-8-20/h4-15,19H,16H2,1-3H3,(H,29,31)(H2,28,30,33)/t19-/m1/s1. The van der Waals surface area contributed by atoms with Gasteiger partial charge in [0.2, 0.25) is 0 Å². The van der Waals surface area contributed by atoms with E-state index < -0.39 is 0 Å². The third-order valence-corrected chi connectivity index (χ3v) is 5.77. The van der Waals surface area contributed by atoms with E-state index in [1.807, 2.05) is 87.5 Å². The first-order chi connectivity index (χ1) is 15.9. The lowest BCUT2D eigenvalue weighted by Crippen LogP contribution is -2.49. The van der Waals surface area contributed by atoms with Crippen molar-refractivity contribution >= 4 is 34.6 Å². The molecular formula is C27H27N3O2S. The highest BCUT2D eigenvalue weighted by molar-refractivity contribution is 7.80. The molecule has 1 atom stereocenters. The first kappa shape index (κ1) is 22.6. The topological polar surface area (TPSA) is 62.4 Å². The number of ether oxygens (including phenoxy) is 1. The molecule has 168 valence electrons. The number of rotatable bonds is 6. The number of amides is 1. The zero-order valence-electron chi connectivity index (χ0n) is 18.9. The van der Waals surface area contributed by atoms with Gasteiger partial charge in [0.05, 0.1) is 17.3 Å². The van der Waals surface area contributed by atoms with Gasteiger partial charge >= 0.3 is 0 Å². The lowest BCUT2D eigenvalue weighted by Gasteiger charge is -2.29. The summed E-state index contributed by atoms with van der Waals surface area (Å²) in [5, 5.41) is 9.87. The molecule has 1 aliphatic rings. The van der Waals surface area contributed by atoms with Crippen LogP contribution >= 0.6 is 12.2 Å². The minimum atomic E-state index is -0.242. The molecule has 1 aliphatic heterocycles. The van der Waals surface area contributed by atoms with Crippen LogP contribution in [0.25, 0.3) is 5.70 Å². The Morgan fingerprint density at radius 1 is 1.03 bits per heavy atom. The first-order valence-corrected chi connectivity index (χ1v) is 11.3. The van der Waals surface area contributed by atoms with Gasteiger partial charge in [-0.3, -0.25) is 4.79 Å². The first-order valence-electron chi connectivity index (χ1n) is 10.9. The highest BCUT2D eigenvalue weighted by atomic mass is 32.1. The summed E-state index contributed by atoms with van der Waals surface area (Å²) in [5.41, 5.74) is 6.23. The van der Waals surface area contributed by atoms with E-state index in [-0.39, 0.29) is 11.9 Å². The summed E-state index contributed by atoms with van der Waals surface area (Å²) in [7, 11) is 0. The molecule has 0 spiro atoms. The number of carbonyl (C=O) groups is 1. The molecule has 33 heavy (non-hydrogen) atoms. The zero-order valence-corrected chi connectivity index (χ0v) is 19.8. The molecule has 4 rings (SSSR count). The van der Waals surface area contributed by atoms with Crippen LogP contribution in [0.15, 0.2) is 78.4 Å². The average molecular weight is 458 g/mol. The van der Waals surface area contributed by atoms with Crippen molar-refractivity contribution < 1.29 is 9.53 Å². The summed E-state index contributed by atoms with van der Waals surface area (Å²) in [6.45, 7) is 6.45. The second kappa shape index (κ2) is 9.88. The fourth-order valence-electron chi connectivity index (χ4n) is 3.84. The number of carbonyl (C=O) groups excluding carboxylic acids is 1. The second-order valence-electron chi connectivity index (χ2n) is 8.18. The summed E-state index contributed by atoms with van der Waals surface area (Å²) in [6, 6.07) is 23.4. The van der Waals surface area contributed by atoms with Gasteiger partial charge in [0.25, 0.3) is 5.91 Å². The Hall–Kier alpha value is -3.64. The van der Waals surface area contributed by atoms with Crippen molar-refractivity contribution in [3.05, 3.63) is 101 Å². The predicted octanol–water partition coefficient (Wildman–Crippen LogP) is 5.10. The summed E-state index contributed by atoms with van der Waals surface area (Å²) < 4.78 is 5.90. The zero-order chi connectivity index (χ0) is 23.4. The van der Waals surface area contributed by atoms with Crippen LogP contribution in [-0.2, 0) is 11.4 Å². The normalized spacial score (nSPS) is 15.5. The van der Waals surface area contributed by atoms with Gasteiger partial charge in [-0.2, -0.15) is 0 Å². The maximum atomic E-state index is 13.3. The molecule has 0 fully saturated rings. The van der Waals surface area contributed by atoms with Crippen LogP contribution in [0.3, 0.4) is 0 Å². The van der Waals surface area contributed by atoms with E-state index in [0.29, 0.717) is 23.0 Å². The van der Waals surface area contributed by atoms with Crippen LogP contribution in [0.4, 0.5) is 5.69 Å². The summed E-state index contributed by atoms with van der Waals surface area (Å²) in [6.07, 6.45) is 0. The smallest absolute Gasteiger partial charge is 0.255 e. The quantitative estimate of drug-likeness (QED) is 0.450. The van der Waals surface area contributed by atoms with Crippen LogP contribution in [0.5, 0.6) is 5.75 Å². The molecule has 0 radical (unpaired) electrons. The van der Waals surface area contributed by atoms with E-state index in [4.69, 9.17) is 17.0 Å². The van der Waals surface area contributed by atoms with Crippen LogP contribution in [-0.4, -0.2) is 17.1 Å². The molecule has 5 nitrogen and oxygen atoms in total. The molecule has 0 unspecified atom stereocenters. The SMILES string of the molecule is Cc1ccc(NC(=O)C2=C(c3ccc(OCc4ccccc4)cc3)NC(=S)N[C@@H]2C)c(C)c1. The lowest BCUT2D eigenvalue weighted by atomic mass is 9.98. The third kappa shape index (κ3) is 5.41. The highest BCUT2D eigenvalue weighted by Crippen LogP contribution is 2.26. The van der Waals surface area contributed by atoms with Crippen LogP contribution in [0, 0.1) is 13.8 Å². The van der Waals surface area contributed by atoms with Crippen molar-refractivity contribution in [3.63, 3.8) is 0 Å². The number of hydrogen-bond donors (Lipinski definition) is 3. The maximum absolute atomic E-state index is 13.3. The van der Waals surface area contributed by atoms with Gasteiger partial charge in [0.1, 0.15) is 12.4 Å². The van der Waals surface area contributed by atoms with Crippen molar-refractivity contribution in [1.82, 2.24) is 10.6 Å². The van der Waals surface area contributed by atoms with Crippen molar-refractivity contribution in [1.29, 1.82) is 0 Å². The minimum absolute atomic E-state index is 0.170. The minimum Gasteiger partial charge on any atom is -0.489 e. The van der Waals surface area contributed by atoms with E-state index in [1.54, 1.807) is 0 Å². The molecule has 0 saturated carbocycles. The largest absolute Gasteiger partial charge is 0.489 e. The van der Waals surface area contributed by atoms with Gasteiger partial charge in [0.15, 0.2) is 5.11 Å². The molecular weight excluding hydrogens is 430 g/mol. The van der Waals surface area contributed by atoms with E-state index in [9.17, 15) is 4.79 Å². The fourth-order valence-corrected chi connectivity index (χ4v) is 4.12. The Morgan fingerprint density at radius 3 is 2.45 bits per heavy atom. The summed E-state index contributed by atoms with van der Waals surface area (Å²) in [4.78, 5) is 13.3. The Labute approximate surface area is 199 Å². The third-order valence-electron chi connectivity index (χ3n) is 5.55. The molecule has 3 aromatic rings. The van der Waals surface area contributed by atoms with E-state index in [0.717, 1.165) is 33.7 Å². The molecule has 1 heterocycles. The van der Waals surface area contributed by atoms with E-state index in [1.165, 1.54) is 0 Å². The molecule has 3 aromatic carbocycles. The van der Waals surface area contributed by atoms with Crippen LogP contribution < -0.4 is 20.7 Å². The Morgan fingerprint density at radius 2 is 1.76 bits per heavy atom. The average Bonchev–Trinajstić information content (AvgIpc) is 2.80. The number of thiocarbonyl (C=S) groups is 1. The van der Waals surface area contributed by atoms with Gasteiger partial charge in [-0.15, -0.1) is 0 Å². The van der Waals surface area contributed by atoms with Gasteiger partial charge in [-0.05, 0) is 80.0 Å². The van der Waals surface area contributed by atoms with Crippen LogP contribution in [0.1, 0.15) is 29.2 Å². The number of aryl methyl sites for hydroxylation is 2. The summed E-state index contributed by atoms with van der Waals surface area (Å²) >= 11 is 5.37. The van der Waals surface area contributed by atoms with Crippen molar-refractivity contribution in [2.45, 2.75) is 33.4 Å². The highest BCUT2D eigenvalue weighted by Gasteiger charge is 2.28. The second-order valence-corrected chi connectivity index (χ2v) is 8.59. The number of benzene rings is 3. The maximum Gasteiger partial charge on any atom is 0.255 e. The van der Waals surface area contributed by atoms with E-state index in [2.05, 4.69) is 22.0 Å². The molecule has 0 aliphatic carbocycles. The van der Waals surface area contributed by atoms with Crippen LogP contribution in [0.2, 0.25) is 0 Å². The summed E-state index contributed by atoms with van der Waals surface area (Å²) in [5.74, 6) is 0.588.